The Balaban J connectivity index is 1.74. The summed E-state index contributed by atoms with van der Waals surface area (Å²) in [5.41, 5.74) is 6.49. The summed E-state index contributed by atoms with van der Waals surface area (Å²) in [5, 5.41) is 4.12. The lowest BCUT2D eigenvalue weighted by atomic mass is 9.94. The van der Waals surface area contributed by atoms with Gasteiger partial charge >= 0.3 is 0 Å². The van der Waals surface area contributed by atoms with Crippen LogP contribution in [0.15, 0.2) is 77.3 Å². The van der Waals surface area contributed by atoms with E-state index in [2.05, 4.69) is 47.4 Å². The number of nitrogens with zero attached hydrogens (tertiary/aromatic N) is 2. The van der Waals surface area contributed by atoms with E-state index in [1.807, 2.05) is 42.5 Å². The van der Waals surface area contributed by atoms with Crippen LogP contribution in [-0.4, -0.2) is 17.3 Å². The summed E-state index contributed by atoms with van der Waals surface area (Å²) in [6, 6.07) is 24.3. The summed E-state index contributed by atoms with van der Waals surface area (Å²) in [5.74, 6) is 1.09. The lowest BCUT2D eigenvalue weighted by Crippen LogP contribution is -1.95. The molecule has 0 fully saturated rings. The Hall–Kier alpha value is -3.24. The van der Waals surface area contributed by atoms with Crippen LogP contribution in [0, 0.1) is 6.92 Å². The lowest BCUT2D eigenvalue weighted by molar-refractivity contribution is 0.185. The predicted molar refractivity (Wildman–Crippen MR) is 106 cm³/mol. The zero-order valence-electron chi connectivity index (χ0n) is 15.3. The molecule has 3 aromatic carbocycles. The minimum absolute atomic E-state index is 0.502. The van der Waals surface area contributed by atoms with Gasteiger partial charge in [0.25, 0.3) is 5.89 Å². The van der Waals surface area contributed by atoms with Crippen molar-refractivity contribution in [1.29, 1.82) is 0 Å². The number of ether oxygens (including phenoxy) is 1. The molecule has 4 nitrogen and oxygen atoms in total. The summed E-state index contributed by atoms with van der Waals surface area (Å²) in [6.45, 7) is 2.63. The quantitative estimate of drug-likeness (QED) is 0.472. The SMILES string of the molecule is COCc1cc(-c2nc(-c3ccccc3)no2)ccc1-c1ccccc1C. The van der Waals surface area contributed by atoms with Crippen molar-refractivity contribution in [1.82, 2.24) is 10.1 Å². The van der Waals surface area contributed by atoms with E-state index >= 15 is 0 Å². The highest BCUT2D eigenvalue weighted by molar-refractivity contribution is 5.74. The average molecular weight is 356 g/mol. The van der Waals surface area contributed by atoms with Crippen molar-refractivity contribution in [2.45, 2.75) is 13.5 Å². The lowest BCUT2D eigenvalue weighted by Gasteiger charge is -2.12. The topological polar surface area (TPSA) is 48.2 Å². The van der Waals surface area contributed by atoms with Crippen molar-refractivity contribution >= 4 is 0 Å². The normalized spacial score (nSPS) is 10.9. The fourth-order valence-electron chi connectivity index (χ4n) is 3.18. The first-order chi connectivity index (χ1) is 13.3. The molecule has 4 aromatic rings. The molecule has 0 saturated heterocycles. The van der Waals surface area contributed by atoms with E-state index in [1.54, 1.807) is 7.11 Å². The first-order valence-electron chi connectivity index (χ1n) is 8.83. The molecule has 27 heavy (non-hydrogen) atoms. The van der Waals surface area contributed by atoms with Gasteiger partial charge in [0.15, 0.2) is 0 Å². The van der Waals surface area contributed by atoms with Gasteiger partial charge in [-0.2, -0.15) is 4.98 Å². The van der Waals surface area contributed by atoms with Crippen molar-refractivity contribution in [2.24, 2.45) is 0 Å². The Kier molecular flexibility index (Phi) is 4.81. The second-order valence-electron chi connectivity index (χ2n) is 6.41. The van der Waals surface area contributed by atoms with Crippen molar-refractivity contribution < 1.29 is 9.26 Å². The van der Waals surface area contributed by atoms with Gasteiger partial charge in [-0.05, 0) is 41.3 Å². The van der Waals surface area contributed by atoms with Crippen LogP contribution < -0.4 is 0 Å². The van der Waals surface area contributed by atoms with Gasteiger partial charge in [0.05, 0.1) is 6.61 Å². The largest absolute Gasteiger partial charge is 0.380 e. The number of methoxy groups -OCH3 is 1. The number of benzene rings is 3. The van der Waals surface area contributed by atoms with E-state index in [0.717, 1.165) is 22.3 Å². The molecule has 0 atom stereocenters. The first kappa shape index (κ1) is 17.2. The number of rotatable bonds is 5. The molecule has 4 rings (SSSR count). The maximum absolute atomic E-state index is 5.51. The smallest absolute Gasteiger partial charge is 0.258 e. The monoisotopic (exact) mass is 356 g/mol. The minimum Gasteiger partial charge on any atom is -0.380 e. The molecule has 0 saturated carbocycles. The molecule has 1 heterocycles. The van der Waals surface area contributed by atoms with Gasteiger partial charge in [0.2, 0.25) is 5.82 Å². The third kappa shape index (κ3) is 3.52. The second-order valence-corrected chi connectivity index (χ2v) is 6.41. The van der Waals surface area contributed by atoms with E-state index < -0.39 is 0 Å². The van der Waals surface area contributed by atoms with E-state index in [1.165, 1.54) is 11.1 Å². The molecule has 1 aromatic heterocycles. The molecule has 4 heteroatoms. The zero-order chi connectivity index (χ0) is 18.6. The highest BCUT2D eigenvalue weighted by Crippen LogP contribution is 2.31. The zero-order valence-corrected chi connectivity index (χ0v) is 15.3. The van der Waals surface area contributed by atoms with Gasteiger partial charge in [0, 0.05) is 18.2 Å². The van der Waals surface area contributed by atoms with Crippen LogP contribution in [0.4, 0.5) is 0 Å². The van der Waals surface area contributed by atoms with Crippen LogP contribution in [0.3, 0.4) is 0 Å². The Bertz CT molecular complexity index is 1050. The third-order valence-corrected chi connectivity index (χ3v) is 4.55. The summed E-state index contributed by atoms with van der Waals surface area (Å²) in [4.78, 5) is 4.55. The van der Waals surface area contributed by atoms with Crippen molar-refractivity contribution in [3.63, 3.8) is 0 Å². The summed E-state index contributed by atoms with van der Waals surface area (Å²) < 4.78 is 10.9. The molecular weight excluding hydrogens is 336 g/mol. The molecule has 0 N–H and O–H groups in total. The van der Waals surface area contributed by atoms with Gasteiger partial charge < -0.3 is 9.26 Å². The summed E-state index contributed by atoms with van der Waals surface area (Å²) in [7, 11) is 1.70. The number of aromatic nitrogens is 2. The molecule has 0 bridgehead atoms. The predicted octanol–water partition coefficient (Wildman–Crippen LogP) is 5.53. The Labute approximate surface area is 158 Å². The fourth-order valence-corrected chi connectivity index (χ4v) is 3.18. The van der Waals surface area contributed by atoms with Gasteiger partial charge in [-0.15, -0.1) is 0 Å². The van der Waals surface area contributed by atoms with Crippen LogP contribution in [0.2, 0.25) is 0 Å². The Morgan fingerprint density at radius 1 is 0.852 bits per heavy atom. The number of aryl methyl sites for hydroxylation is 1. The number of hydrogen-bond donors (Lipinski definition) is 0. The third-order valence-electron chi connectivity index (χ3n) is 4.55. The van der Waals surface area contributed by atoms with Crippen molar-refractivity contribution in [2.75, 3.05) is 7.11 Å². The highest BCUT2D eigenvalue weighted by atomic mass is 16.5. The Morgan fingerprint density at radius 2 is 1.63 bits per heavy atom. The average Bonchev–Trinajstić information content (AvgIpc) is 3.20. The molecular formula is C23H20N2O2. The molecule has 0 amide bonds. The van der Waals surface area contributed by atoms with Gasteiger partial charge in [-0.1, -0.05) is 65.8 Å². The molecule has 0 aliphatic heterocycles. The van der Waals surface area contributed by atoms with Crippen LogP contribution in [0.1, 0.15) is 11.1 Å². The van der Waals surface area contributed by atoms with Gasteiger partial charge in [-0.3, -0.25) is 0 Å². The maximum atomic E-state index is 5.51. The molecule has 0 aliphatic rings. The van der Waals surface area contributed by atoms with Crippen LogP contribution in [-0.2, 0) is 11.3 Å². The molecule has 0 unspecified atom stereocenters. The van der Waals surface area contributed by atoms with Crippen LogP contribution in [0.5, 0.6) is 0 Å². The minimum atomic E-state index is 0.502. The highest BCUT2D eigenvalue weighted by Gasteiger charge is 2.14. The summed E-state index contributed by atoms with van der Waals surface area (Å²) >= 11 is 0. The molecule has 134 valence electrons. The van der Waals surface area contributed by atoms with E-state index in [9.17, 15) is 0 Å². The Morgan fingerprint density at radius 3 is 2.41 bits per heavy atom. The van der Waals surface area contributed by atoms with Gasteiger partial charge in [0.1, 0.15) is 0 Å². The molecule has 0 aliphatic carbocycles. The van der Waals surface area contributed by atoms with E-state index in [4.69, 9.17) is 9.26 Å². The molecule has 0 spiro atoms. The van der Waals surface area contributed by atoms with Gasteiger partial charge in [-0.25, -0.2) is 0 Å². The van der Waals surface area contributed by atoms with E-state index in [0.29, 0.717) is 18.3 Å². The maximum Gasteiger partial charge on any atom is 0.258 e. The van der Waals surface area contributed by atoms with Crippen LogP contribution in [0.25, 0.3) is 34.0 Å². The number of hydrogen-bond acceptors (Lipinski definition) is 4. The fraction of sp³-hybridized carbons (Fsp3) is 0.130. The standard InChI is InChI=1S/C23H20N2O2/c1-16-8-6-7-11-20(16)21-13-12-18(14-19(21)15-26-2)23-24-22(25-27-23)17-9-4-3-5-10-17/h3-14H,15H2,1-2H3. The second kappa shape index (κ2) is 7.56. The van der Waals surface area contributed by atoms with E-state index in [-0.39, 0.29) is 0 Å². The summed E-state index contributed by atoms with van der Waals surface area (Å²) in [6.07, 6.45) is 0. The first-order valence-corrected chi connectivity index (χ1v) is 8.83. The molecule has 0 radical (unpaired) electrons. The van der Waals surface area contributed by atoms with Crippen LogP contribution >= 0.6 is 0 Å². The van der Waals surface area contributed by atoms with Crippen molar-refractivity contribution in [3.8, 4) is 34.0 Å². The van der Waals surface area contributed by atoms with Crippen molar-refractivity contribution in [3.05, 3.63) is 83.9 Å².